The van der Waals surface area contributed by atoms with E-state index in [0.29, 0.717) is 12.5 Å². The zero-order chi connectivity index (χ0) is 11.4. The molecular weight excluding hydrogens is 194 g/mol. The number of carbonyl (C=O) groups excluding carboxylic acids is 1. The molecule has 1 heterocycles. The van der Waals surface area contributed by atoms with Gasteiger partial charge in [0.2, 0.25) is 11.8 Å². The van der Waals surface area contributed by atoms with Gasteiger partial charge in [-0.15, -0.1) is 5.10 Å². The number of nitrogens with two attached hydrogens (primary N) is 1. The summed E-state index contributed by atoms with van der Waals surface area (Å²) in [5.74, 6) is 0.675. The number of hydrogen-bond donors (Lipinski definition) is 2. The molecule has 6 nitrogen and oxygen atoms in total. The molecule has 0 aliphatic heterocycles. The highest BCUT2D eigenvalue weighted by Crippen LogP contribution is 2.03. The van der Waals surface area contributed by atoms with Crippen LogP contribution in [-0.4, -0.2) is 39.6 Å². The lowest BCUT2D eigenvalue weighted by Crippen LogP contribution is -2.29. The second-order valence-electron chi connectivity index (χ2n) is 3.95. The van der Waals surface area contributed by atoms with E-state index in [1.54, 1.807) is 11.9 Å². The van der Waals surface area contributed by atoms with Gasteiger partial charge in [-0.1, -0.05) is 13.8 Å². The van der Waals surface area contributed by atoms with Gasteiger partial charge in [-0.3, -0.25) is 9.89 Å². The van der Waals surface area contributed by atoms with Gasteiger partial charge >= 0.3 is 0 Å². The third-order valence-electron chi connectivity index (χ3n) is 2.09. The number of amides is 1. The summed E-state index contributed by atoms with van der Waals surface area (Å²) in [4.78, 5) is 17.1. The standard InChI is InChI=1S/C9H17N5O/c1-6(2)4-5-14(3)8(15)7-11-9(10)13-12-7/h6H,4-5H2,1-3H3,(H3,10,11,12,13). The molecule has 0 unspecified atom stereocenters. The highest BCUT2D eigenvalue weighted by molar-refractivity contribution is 5.90. The fraction of sp³-hybridized carbons (Fsp3) is 0.667. The fourth-order valence-electron chi connectivity index (χ4n) is 1.10. The van der Waals surface area contributed by atoms with E-state index in [-0.39, 0.29) is 17.7 Å². The largest absolute Gasteiger partial charge is 0.366 e. The maximum atomic E-state index is 11.7. The number of rotatable bonds is 4. The van der Waals surface area contributed by atoms with Gasteiger partial charge in [-0.2, -0.15) is 4.98 Å². The lowest BCUT2D eigenvalue weighted by atomic mass is 10.1. The van der Waals surface area contributed by atoms with Gasteiger partial charge in [-0.25, -0.2) is 0 Å². The molecule has 0 atom stereocenters. The molecule has 3 N–H and O–H groups in total. The molecule has 0 aromatic carbocycles. The molecule has 0 fully saturated rings. The van der Waals surface area contributed by atoms with Crippen LogP contribution >= 0.6 is 0 Å². The van der Waals surface area contributed by atoms with Gasteiger partial charge in [0.1, 0.15) is 0 Å². The number of nitrogens with one attached hydrogen (secondary N) is 1. The van der Waals surface area contributed by atoms with Crippen molar-refractivity contribution < 1.29 is 4.79 Å². The van der Waals surface area contributed by atoms with Crippen LogP contribution in [0.2, 0.25) is 0 Å². The Hall–Kier alpha value is -1.59. The van der Waals surface area contributed by atoms with Crippen molar-refractivity contribution in [3.05, 3.63) is 5.82 Å². The van der Waals surface area contributed by atoms with Crippen LogP contribution in [0, 0.1) is 5.92 Å². The molecule has 0 aliphatic rings. The molecule has 1 aromatic rings. The number of nitrogen functional groups attached to an aromatic ring is 1. The molecule has 0 aliphatic carbocycles. The second-order valence-corrected chi connectivity index (χ2v) is 3.95. The normalized spacial score (nSPS) is 10.7. The molecule has 0 bridgehead atoms. The Kier molecular flexibility index (Phi) is 3.65. The van der Waals surface area contributed by atoms with E-state index in [2.05, 4.69) is 29.0 Å². The molecule has 0 radical (unpaired) electrons. The first-order valence-corrected chi connectivity index (χ1v) is 4.94. The Morgan fingerprint density at radius 1 is 1.60 bits per heavy atom. The summed E-state index contributed by atoms with van der Waals surface area (Å²) < 4.78 is 0. The minimum absolute atomic E-state index is 0.0932. The summed E-state index contributed by atoms with van der Waals surface area (Å²) in [7, 11) is 1.74. The van der Waals surface area contributed by atoms with Crippen molar-refractivity contribution in [1.82, 2.24) is 20.1 Å². The molecule has 0 saturated heterocycles. The van der Waals surface area contributed by atoms with Crippen LogP contribution in [0.3, 0.4) is 0 Å². The van der Waals surface area contributed by atoms with Crippen LogP contribution in [0.15, 0.2) is 0 Å². The smallest absolute Gasteiger partial charge is 0.290 e. The minimum Gasteiger partial charge on any atom is -0.366 e. The number of nitrogens with zero attached hydrogens (tertiary/aromatic N) is 3. The average molecular weight is 211 g/mol. The fourth-order valence-corrected chi connectivity index (χ4v) is 1.10. The summed E-state index contributed by atoms with van der Waals surface area (Å²) >= 11 is 0. The molecule has 84 valence electrons. The highest BCUT2D eigenvalue weighted by Gasteiger charge is 2.15. The van der Waals surface area contributed by atoms with Crippen LogP contribution in [0.5, 0.6) is 0 Å². The molecule has 0 spiro atoms. The molecule has 1 rings (SSSR count). The SMILES string of the molecule is CC(C)CCN(C)C(=O)c1nc(N)n[nH]1. The van der Waals surface area contributed by atoms with E-state index >= 15 is 0 Å². The van der Waals surface area contributed by atoms with Crippen LogP contribution in [0.1, 0.15) is 30.9 Å². The summed E-state index contributed by atoms with van der Waals surface area (Å²) in [6.07, 6.45) is 0.964. The molecule has 15 heavy (non-hydrogen) atoms. The van der Waals surface area contributed by atoms with Gasteiger partial charge in [0.25, 0.3) is 5.91 Å². The number of anilines is 1. The first kappa shape index (κ1) is 11.5. The molecule has 1 amide bonds. The maximum Gasteiger partial charge on any atom is 0.290 e. The maximum absolute atomic E-state index is 11.7. The van der Waals surface area contributed by atoms with E-state index < -0.39 is 0 Å². The first-order chi connectivity index (χ1) is 7.00. The monoisotopic (exact) mass is 211 g/mol. The third kappa shape index (κ3) is 3.23. The second kappa shape index (κ2) is 4.77. The predicted molar refractivity (Wildman–Crippen MR) is 57.2 cm³/mol. The van der Waals surface area contributed by atoms with Gasteiger partial charge in [0.15, 0.2) is 0 Å². The van der Waals surface area contributed by atoms with Crippen molar-refractivity contribution in [2.75, 3.05) is 19.3 Å². The number of aromatic nitrogens is 3. The van der Waals surface area contributed by atoms with Gasteiger partial charge in [0.05, 0.1) is 0 Å². The Balaban J connectivity index is 2.53. The van der Waals surface area contributed by atoms with Crippen molar-refractivity contribution in [2.45, 2.75) is 20.3 Å². The van der Waals surface area contributed by atoms with E-state index in [0.717, 1.165) is 6.42 Å². The summed E-state index contributed by atoms with van der Waals surface area (Å²) in [5.41, 5.74) is 5.31. The highest BCUT2D eigenvalue weighted by atomic mass is 16.2. The van der Waals surface area contributed by atoms with Crippen molar-refractivity contribution >= 4 is 11.9 Å². The summed E-state index contributed by atoms with van der Waals surface area (Å²) in [6.45, 7) is 4.94. The number of carbonyl (C=O) groups is 1. The lowest BCUT2D eigenvalue weighted by Gasteiger charge is -2.16. The van der Waals surface area contributed by atoms with Crippen molar-refractivity contribution in [3.63, 3.8) is 0 Å². The Morgan fingerprint density at radius 3 is 2.73 bits per heavy atom. The zero-order valence-electron chi connectivity index (χ0n) is 9.32. The summed E-state index contributed by atoms with van der Waals surface area (Å²) in [6, 6.07) is 0. The van der Waals surface area contributed by atoms with Gasteiger partial charge < -0.3 is 10.6 Å². The minimum atomic E-state index is -0.181. The molecule has 0 saturated carbocycles. The Bertz CT molecular complexity index is 333. The number of hydrogen-bond acceptors (Lipinski definition) is 4. The van der Waals surface area contributed by atoms with Crippen molar-refractivity contribution in [1.29, 1.82) is 0 Å². The van der Waals surface area contributed by atoms with Crippen LogP contribution in [0.4, 0.5) is 5.95 Å². The number of H-pyrrole nitrogens is 1. The quantitative estimate of drug-likeness (QED) is 0.759. The van der Waals surface area contributed by atoms with E-state index in [1.807, 2.05) is 0 Å². The Morgan fingerprint density at radius 2 is 2.27 bits per heavy atom. The number of aromatic amines is 1. The zero-order valence-corrected chi connectivity index (χ0v) is 9.32. The Labute approximate surface area is 88.9 Å². The topological polar surface area (TPSA) is 87.9 Å². The molecule has 6 heteroatoms. The average Bonchev–Trinajstić information content (AvgIpc) is 2.60. The van der Waals surface area contributed by atoms with Gasteiger partial charge in [-0.05, 0) is 12.3 Å². The molecule has 1 aromatic heterocycles. The van der Waals surface area contributed by atoms with E-state index in [9.17, 15) is 4.79 Å². The van der Waals surface area contributed by atoms with Crippen molar-refractivity contribution in [2.24, 2.45) is 5.92 Å². The van der Waals surface area contributed by atoms with Crippen LogP contribution in [-0.2, 0) is 0 Å². The van der Waals surface area contributed by atoms with Gasteiger partial charge in [0, 0.05) is 13.6 Å². The first-order valence-electron chi connectivity index (χ1n) is 4.94. The van der Waals surface area contributed by atoms with E-state index in [1.165, 1.54) is 0 Å². The van der Waals surface area contributed by atoms with E-state index in [4.69, 9.17) is 5.73 Å². The summed E-state index contributed by atoms with van der Waals surface area (Å²) in [5, 5.41) is 6.11. The van der Waals surface area contributed by atoms with Crippen molar-refractivity contribution in [3.8, 4) is 0 Å². The lowest BCUT2D eigenvalue weighted by molar-refractivity contribution is 0.0777. The van der Waals surface area contributed by atoms with Crippen LogP contribution in [0.25, 0.3) is 0 Å². The van der Waals surface area contributed by atoms with Crippen LogP contribution < -0.4 is 5.73 Å². The third-order valence-corrected chi connectivity index (χ3v) is 2.09. The predicted octanol–water partition coefficient (Wildman–Crippen LogP) is 0.505. The molecular formula is C9H17N5O.